The lowest BCUT2D eigenvalue weighted by Crippen LogP contribution is -2.10. The number of aryl methyl sites for hydroxylation is 3. The number of halogens is 3. The van der Waals surface area contributed by atoms with Crippen molar-refractivity contribution in [1.82, 2.24) is 4.98 Å². The van der Waals surface area contributed by atoms with Crippen molar-refractivity contribution < 1.29 is 23.1 Å². The number of alkyl halides is 3. The fourth-order valence-corrected chi connectivity index (χ4v) is 6.41. The molecule has 1 aliphatic carbocycles. The van der Waals surface area contributed by atoms with Crippen LogP contribution >= 0.6 is 23.1 Å². The van der Waals surface area contributed by atoms with Gasteiger partial charge >= 0.3 is 12.1 Å². The number of rotatable bonds is 7. The van der Waals surface area contributed by atoms with Gasteiger partial charge in [-0.1, -0.05) is 18.2 Å². The van der Waals surface area contributed by atoms with E-state index in [9.17, 15) is 18.0 Å². The molecule has 0 amide bonds. The molecule has 1 aliphatic rings. The van der Waals surface area contributed by atoms with Gasteiger partial charge in [-0.15, -0.1) is 23.1 Å². The van der Waals surface area contributed by atoms with E-state index < -0.39 is 17.7 Å². The monoisotopic (exact) mass is 491 g/mol. The number of hydrogen-bond donors (Lipinski definition) is 1. The molecule has 174 valence electrons. The quantitative estimate of drug-likeness (QED) is 0.351. The van der Waals surface area contributed by atoms with Crippen LogP contribution in [0.1, 0.15) is 52.4 Å². The van der Waals surface area contributed by atoms with Crippen LogP contribution in [0.15, 0.2) is 47.4 Å². The van der Waals surface area contributed by atoms with E-state index in [-0.39, 0.29) is 6.42 Å². The molecule has 0 saturated heterocycles. The summed E-state index contributed by atoms with van der Waals surface area (Å²) in [6.45, 7) is 2.01. The Hall–Kier alpha value is -2.32. The van der Waals surface area contributed by atoms with Gasteiger partial charge in [0.1, 0.15) is 5.01 Å². The van der Waals surface area contributed by atoms with Crippen LogP contribution in [-0.2, 0) is 23.8 Å². The second-order valence-electron chi connectivity index (χ2n) is 8.28. The zero-order valence-corrected chi connectivity index (χ0v) is 19.7. The molecule has 0 fully saturated rings. The van der Waals surface area contributed by atoms with Crippen molar-refractivity contribution in [2.75, 3.05) is 5.75 Å². The van der Waals surface area contributed by atoms with Crippen molar-refractivity contribution in [1.29, 1.82) is 0 Å². The second kappa shape index (κ2) is 9.89. The van der Waals surface area contributed by atoms with Crippen LogP contribution in [0.25, 0.3) is 10.6 Å². The first-order chi connectivity index (χ1) is 15.7. The minimum atomic E-state index is -4.34. The summed E-state index contributed by atoms with van der Waals surface area (Å²) in [5.41, 5.74) is 3.32. The van der Waals surface area contributed by atoms with Gasteiger partial charge in [0.2, 0.25) is 0 Å². The molecule has 3 aromatic rings. The van der Waals surface area contributed by atoms with Crippen molar-refractivity contribution in [3.63, 3.8) is 0 Å². The number of carboxylic acids is 1. The Balaban J connectivity index is 1.45. The Kier molecular flexibility index (Phi) is 7.14. The number of thioether (sulfide) groups is 1. The van der Waals surface area contributed by atoms with E-state index in [2.05, 4.69) is 6.07 Å². The van der Waals surface area contributed by atoms with Crippen molar-refractivity contribution >= 4 is 29.1 Å². The summed E-state index contributed by atoms with van der Waals surface area (Å²) in [6, 6.07) is 11.4. The van der Waals surface area contributed by atoms with Gasteiger partial charge < -0.3 is 5.11 Å². The summed E-state index contributed by atoms with van der Waals surface area (Å²) >= 11 is 3.36. The molecule has 0 radical (unpaired) electrons. The minimum Gasteiger partial charge on any atom is -0.481 e. The molecule has 1 N–H and O–H groups in total. The Bertz CT molecular complexity index is 1140. The van der Waals surface area contributed by atoms with Crippen molar-refractivity contribution in [2.45, 2.75) is 56.0 Å². The first kappa shape index (κ1) is 23.8. The first-order valence-corrected chi connectivity index (χ1v) is 12.6. The number of benzene rings is 2. The Morgan fingerprint density at radius 3 is 2.64 bits per heavy atom. The SMILES string of the molecule is Cc1cc(SC[C@@H]2CCCc3sc(-c4ccc(C(F)(F)F)cc4)nc32)ccc1CCC(=O)O. The molecule has 1 atom stereocenters. The molecule has 33 heavy (non-hydrogen) atoms. The summed E-state index contributed by atoms with van der Waals surface area (Å²) < 4.78 is 38.6. The zero-order chi connectivity index (χ0) is 23.6. The molecule has 2 aromatic carbocycles. The average molecular weight is 492 g/mol. The van der Waals surface area contributed by atoms with E-state index >= 15 is 0 Å². The van der Waals surface area contributed by atoms with Crippen molar-refractivity contribution in [3.8, 4) is 10.6 Å². The van der Waals surface area contributed by atoms with Crippen molar-refractivity contribution in [3.05, 3.63) is 69.7 Å². The van der Waals surface area contributed by atoms with E-state index in [0.29, 0.717) is 12.3 Å². The summed E-state index contributed by atoms with van der Waals surface area (Å²) in [7, 11) is 0. The maximum atomic E-state index is 12.9. The lowest BCUT2D eigenvalue weighted by molar-refractivity contribution is -0.138. The van der Waals surface area contributed by atoms with E-state index in [1.54, 1.807) is 23.1 Å². The molecular weight excluding hydrogens is 467 g/mol. The third-order valence-electron chi connectivity index (χ3n) is 5.90. The third kappa shape index (κ3) is 5.79. The van der Waals surface area contributed by atoms with E-state index in [0.717, 1.165) is 69.4 Å². The van der Waals surface area contributed by atoms with Crippen LogP contribution in [0.5, 0.6) is 0 Å². The summed E-state index contributed by atoms with van der Waals surface area (Å²) in [6.07, 6.45) is -0.583. The molecule has 0 unspecified atom stereocenters. The molecule has 1 aromatic heterocycles. The lowest BCUT2D eigenvalue weighted by Gasteiger charge is -2.20. The lowest BCUT2D eigenvalue weighted by atomic mass is 9.93. The third-order valence-corrected chi connectivity index (χ3v) is 8.24. The van der Waals surface area contributed by atoms with Gasteiger partial charge in [0.25, 0.3) is 0 Å². The molecule has 3 nitrogen and oxygen atoms in total. The predicted molar refractivity (Wildman–Crippen MR) is 126 cm³/mol. The summed E-state index contributed by atoms with van der Waals surface area (Å²) in [4.78, 5) is 18.1. The van der Waals surface area contributed by atoms with Gasteiger partial charge in [-0.3, -0.25) is 4.79 Å². The molecule has 0 spiro atoms. The Morgan fingerprint density at radius 1 is 1.21 bits per heavy atom. The molecular formula is C25H24F3NO2S2. The zero-order valence-electron chi connectivity index (χ0n) is 18.1. The number of nitrogens with zero attached hydrogens (tertiary/aromatic N) is 1. The second-order valence-corrected chi connectivity index (χ2v) is 10.5. The molecule has 4 rings (SSSR count). The largest absolute Gasteiger partial charge is 0.481 e. The highest BCUT2D eigenvalue weighted by Gasteiger charge is 2.30. The Labute approximate surface area is 199 Å². The summed E-state index contributed by atoms with van der Waals surface area (Å²) in [5, 5.41) is 9.68. The number of aromatic nitrogens is 1. The van der Waals surface area contributed by atoms with Gasteiger partial charge in [0, 0.05) is 33.4 Å². The number of aliphatic carboxylic acids is 1. The smallest absolute Gasteiger partial charge is 0.416 e. The van der Waals surface area contributed by atoms with Crippen LogP contribution in [0.2, 0.25) is 0 Å². The topological polar surface area (TPSA) is 50.2 Å². The molecule has 0 saturated carbocycles. The van der Waals surface area contributed by atoms with E-state index in [4.69, 9.17) is 10.1 Å². The van der Waals surface area contributed by atoms with Gasteiger partial charge in [0.05, 0.1) is 11.3 Å². The van der Waals surface area contributed by atoms with Crippen LogP contribution < -0.4 is 0 Å². The Morgan fingerprint density at radius 2 is 1.97 bits per heavy atom. The molecule has 1 heterocycles. The van der Waals surface area contributed by atoms with Crippen LogP contribution in [0.3, 0.4) is 0 Å². The van der Waals surface area contributed by atoms with Gasteiger partial charge in [-0.05, 0) is 68.0 Å². The van der Waals surface area contributed by atoms with Crippen molar-refractivity contribution in [2.24, 2.45) is 0 Å². The molecule has 0 aliphatic heterocycles. The minimum absolute atomic E-state index is 0.128. The van der Waals surface area contributed by atoms with Gasteiger partial charge in [-0.2, -0.15) is 13.2 Å². The number of fused-ring (bicyclic) bond motifs is 1. The fourth-order valence-electron chi connectivity index (χ4n) is 4.07. The highest BCUT2D eigenvalue weighted by Crippen LogP contribution is 2.41. The maximum absolute atomic E-state index is 12.9. The van der Waals surface area contributed by atoms with E-state index in [1.165, 1.54) is 17.0 Å². The van der Waals surface area contributed by atoms with Gasteiger partial charge in [-0.25, -0.2) is 4.98 Å². The maximum Gasteiger partial charge on any atom is 0.416 e. The normalized spacial score (nSPS) is 15.9. The number of thiazole rings is 1. The number of hydrogen-bond acceptors (Lipinski definition) is 4. The van der Waals surface area contributed by atoms with E-state index in [1.807, 2.05) is 19.1 Å². The van der Waals surface area contributed by atoms with Crippen LogP contribution in [0, 0.1) is 6.92 Å². The first-order valence-electron chi connectivity index (χ1n) is 10.8. The van der Waals surface area contributed by atoms with Crippen LogP contribution in [0.4, 0.5) is 13.2 Å². The highest BCUT2D eigenvalue weighted by molar-refractivity contribution is 7.99. The molecule has 8 heteroatoms. The summed E-state index contributed by atoms with van der Waals surface area (Å²) in [5.74, 6) is 0.405. The number of carboxylic acid groups (broad SMARTS) is 1. The predicted octanol–water partition coefficient (Wildman–Crippen LogP) is 7.37. The molecule has 0 bridgehead atoms. The highest BCUT2D eigenvalue weighted by atomic mass is 32.2. The number of carbonyl (C=O) groups is 1. The fraction of sp³-hybridized carbons (Fsp3) is 0.360. The average Bonchev–Trinajstić information content (AvgIpc) is 3.21. The van der Waals surface area contributed by atoms with Crippen LogP contribution in [-0.4, -0.2) is 21.8 Å². The van der Waals surface area contributed by atoms with Gasteiger partial charge in [0.15, 0.2) is 0 Å². The standard InChI is InChI=1S/C25H24F3NO2S2/c1-15-13-20(11-7-16(15)8-12-22(30)31)32-14-18-3-2-4-21-23(18)29-24(33-21)17-5-9-19(10-6-17)25(26,27)28/h5-7,9-11,13,18H,2-4,8,12,14H2,1H3,(H,30,31)/t18-/m0/s1.